The van der Waals surface area contributed by atoms with Crippen molar-refractivity contribution in [2.24, 2.45) is 10.8 Å². The summed E-state index contributed by atoms with van der Waals surface area (Å²) in [5.41, 5.74) is 0.574. The Morgan fingerprint density at radius 2 is 1.00 bits per heavy atom. The minimum absolute atomic E-state index is 0.111. The highest BCUT2D eigenvalue weighted by atomic mass is 16.4. The number of carboxylic acid groups (broad SMARTS) is 2. The van der Waals surface area contributed by atoms with E-state index in [1.807, 2.05) is 0 Å². The topological polar surface area (TPSA) is 115 Å². The van der Waals surface area contributed by atoms with Gasteiger partial charge in [0.2, 0.25) is 0 Å². The summed E-state index contributed by atoms with van der Waals surface area (Å²) in [5.74, 6) is -1.87. The van der Waals surface area contributed by atoms with E-state index in [2.05, 4.69) is 13.2 Å². The molecule has 0 aromatic heterocycles. The third-order valence-electron chi connectivity index (χ3n) is 5.08. The van der Waals surface area contributed by atoms with Gasteiger partial charge in [0.15, 0.2) is 0 Å². The van der Waals surface area contributed by atoms with E-state index in [1.165, 1.54) is 26.7 Å². The SMILES string of the molecule is C=C(C)C(=O)O.C=C(C)C(=O)O.OCC1(C2(CO)CCC2)CCC1. The molecule has 0 radical (unpaired) electrons. The van der Waals surface area contributed by atoms with Gasteiger partial charge in [-0.25, -0.2) is 9.59 Å². The van der Waals surface area contributed by atoms with Crippen LogP contribution in [0.3, 0.4) is 0 Å². The van der Waals surface area contributed by atoms with Crippen LogP contribution in [0.2, 0.25) is 0 Å². The molecule has 138 valence electrons. The molecule has 2 aliphatic carbocycles. The highest BCUT2D eigenvalue weighted by molar-refractivity contribution is 5.85. The first kappa shape index (κ1) is 22.3. The van der Waals surface area contributed by atoms with E-state index in [4.69, 9.17) is 10.2 Å². The van der Waals surface area contributed by atoms with Gasteiger partial charge in [-0.3, -0.25) is 0 Å². The van der Waals surface area contributed by atoms with Crippen LogP contribution < -0.4 is 0 Å². The standard InChI is InChI=1S/C10H18O2.2C4H6O2/c11-7-9(3-1-4-9)10(8-12)5-2-6-10;2*1-3(2)4(5)6/h11-12H,1-8H2;2*1H2,2H3,(H,5,6). The van der Waals surface area contributed by atoms with Crippen molar-refractivity contribution in [3.8, 4) is 0 Å². The van der Waals surface area contributed by atoms with Gasteiger partial charge in [0, 0.05) is 35.2 Å². The van der Waals surface area contributed by atoms with Crippen molar-refractivity contribution in [3.05, 3.63) is 24.3 Å². The number of hydrogen-bond donors (Lipinski definition) is 4. The number of hydrogen-bond acceptors (Lipinski definition) is 4. The van der Waals surface area contributed by atoms with Crippen LogP contribution >= 0.6 is 0 Å². The average molecular weight is 342 g/mol. The number of aliphatic hydroxyl groups is 2. The predicted octanol–water partition coefficient (Wildman–Crippen LogP) is 2.61. The summed E-state index contributed by atoms with van der Waals surface area (Å²) in [4.78, 5) is 19.2. The van der Waals surface area contributed by atoms with Crippen LogP contribution in [0.1, 0.15) is 52.4 Å². The van der Waals surface area contributed by atoms with Gasteiger partial charge in [-0.05, 0) is 39.5 Å². The lowest BCUT2D eigenvalue weighted by Crippen LogP contribution is -2.55. The van der Waals surface area contributed by atoms with Crippen molar-refractivity contribution < 1.29 is 30.0 Å². The summed E-state index contributed by atoms with van der Waals surface area (Å²) in [6, 6.07) is 0. The quantitative estimate of drug-likeness (QED) is 0.571. The van der Waals surface area contributed by atoms with Crippen molar-refractivity contribution in [2.75, 3.05) is 13.2 Å². The normalized spacial score (nSPS) is 19.0. The minimum Gasteiger partial charge on any atom is -0.478 e. The van der Waals surface area contributed by atoms with Gasteiger partial charge in [0.1, 0.15) is 0 Å². The number of aliphatic hydroxyl groups excluding tert-OH is 2. The van der Waals surface area contributed by atoms with Crippen LogP contribution in [0.15, 0.2) is 24.3 Å². The van der Waals surface area contributed by atoms with Crippen LogP contribution in [-0.2, 0) is 9.59 Å². The van der Waals surface area contributed by atoms with Gasteiger partial charge in [-0.1, -0.05) is 26.0 Å². The maximum Gasteiger partial charge on any atom is 0.330 e. The van der Waals surface area contributed by atoms with Crippen LogP contribution in [0.25, 0.3) is 0 Å². The zero-order valence-electron chi connectivity index (χ0n) is 14.7. The largest absolute Gasteiger partial charge is 0.478 e. The first-order valence-electron chi connectivity index (χ1n) is 8.07. The maximum absolute atomic E-state index is 9.60. The molecule has 6 nitrogen and oxygen atoms in total. The van der Waals surface area contributed by atoms with E-state index in [0.717, 1.165) is 25.7 Å². The molecule has 0 amide bonds. The Labute approximate surface area is 143 Å². The molecular weight excluding hydrogens is 312 g/mol. The van der Waals surface area contributed by atoms with Gasteiger partial charge in [-0.2, -0.15) is 0 Å². The van der Waals surface area contributed by atoms with Gasteiger partial charge >= 0.3 is 11.9 Å². The smallest absolute Gasteiger partial charge is 0.330 e. The average Bonchev–Trinajstić information content (AvgIpc) is 2.41. The van der Waals surface area contributed by atoms with E-state index in [-0.39, 0.29) is 35.2 Å². The molecule has 24 heavy (non-hydrogen) atoms. The van der Waals surface area contributed by atoms with Crippen molar-refractivity contribution in [2.45, 2.75) is 52.4 Å². The fourth-order valence-electron chi connectivity index (χ4n) is 2.92. The summed E-state index contributed by atoms with van der Waals surface area (Å²) in [7, 11) is 0. The fourth-order valence-corrected chi connectivity index (χ4v) is 2.92. The maximum atomic E-state index is 9.60. The van der Waals surface area contributed by atoms with Gasteiger partial charge in [-0.15, -0.1) is 0 Å². The first-order valence-corrected chi connectivity index (χ1v) is 8.07. The third-order valence-corrected chi connectivity index (χ3v) is 5.08. The van der Waals surface area contributed by atoms with E-state index in [9.17, 15) is 19.8 Å². The number of rotatable bonds is 5. The summed E-state index contributed by atoms with van der Waals surface area (Å²) in [5, 5.41) is 34.5. The van der Waals surface area contributed by atoms with E-state index >= 15 is 0 Å². The van der Waals surface area contributed by atoms with Crippen molar-refractivity contribution in [1.82, 2.24) is 0 Å². The van der Waals surface area contributed by atoms with Crippen LogP contribution in [0, 0.1) is 10.8 Å². The molecule has 2 rings (SSSR count). The summed E-state index contributed by atoms with van der Waals surface area (Å²) < 4.78 is 0. The lowest BCUT2D eigenvalue weighted by Gasteiger charge is -2.59. The van der Waals surface area contributed by atoms with E-state index < -0.39 is 11.9 Å². The Bertz CT molecular complexity index is 393. The van der Waals surface area contributed by atoms with Gasteiger partial charge in [0.25, 0.3) is 0 Å². The summed E-state index contributed by atoms with van der Waals surface area (Å²) in [6.45, 7) is 9.77. The molecule has 0 unspecified atom stereocenters. The minimum atomic E-state index is -0.935. The lowest BCUT2D eigenvalue weighted by molar-refractivity contribution is -0.150. The van der Waals surface area contributed by atoms with Crippen LogP contribution in [0.4, 0.5) is 0 Å². The van der Waals surface area contributed by atoms with Crippen molar-refractivity contribution >= 4 is 11.9 Å². The highest BCUT2D eigenvalue weighted by Crippen LogP contribution is 2.62. The molecule has 0 heterocycles. The predicted molar refractivity (Wildman–Crippen MR) is 91.6 cm³/mol. The lowest BCUT2D eigenvalue weighted by atomic mass is 9.46. The Morgan fingerprint density at radius 3 is 1.04 bits per heavy atom. The molecule has 0 saturated heterocycles. The van der Waals surface area contributed by atoms with E-state index in [0.29, 0.717) is 0 Å². The number of aliphatic carboxylic acids is 2. The Kier molecular flexibility index (Phi) is 8.93. The molecule has 2 fully saturated rings. The number of carboxylic acids is 2. The molecular formula is C18H30O6. The summed E-state index contributed by atoms with van der Waals surface area (Å²) in [6.07, 6.45) is 6.99. The number of carbonyl (C=O) groups is 2. The van der Waals surface area contributed by atoms with E-state index in [1.54, 1.807) is 0 Å². The molecule has 0 atom stereocenters. The molecule has 0 aromatic carbocycles. The Morgan fingerprint density at radius 1 is 0.792 bits per heavy atom. The molecule has 0 bridgehead atoms. The third kappa shape index (κ3) is 5.46. The summed E-state index contributed by atoms with van der Waals surface area (Å²) >= 11 is 0. The van der Waals surface area contributed by atoms with Gasteiger partial charge in [0.05, 0.1) is 0 Å². The zero-order chi connectivity index (χ0) is 19.0. The van der Waals surface area contributed by atoms with Gasteiger partial charge < -0.3 is 20.4 Å². The van der Waals surface area contributed by atoms with Crippen molar-refractivity contribution in [3.63, 3.8) is 0 Å². The molecule has 2 aliphatic rings. The molecule has 4 N–H and O–H groups in total. The second-order valence-corrected chi connectivity index (χ2v) is 6.75. The fraction of sp³-hybridized carbons (Fsp3) is 0.667. The first-order chi connectivity index (χ1) is 11.1. The molecule has 6 heteroatoms. The molecule has 2 saturated carbocycles. The van der Waals surface area contributed by atoms with Crippen LogP contribution in [-0.4, -0.2) is 45.6 Å². The molecule has 0 spiro atoms. The highest BCUT2D eigenvalue weighted by Gasteiger charge is 2.56. The Balaban J connectivity index is 0.000000377. The second-order valence-electron chi connectivity index (χ2n) is 6.75. The molecule has 0 aromatic rings. The second kappa shape index (κ2) is 9.59. The monoisotopic (exact) mass is 342 g/mol. The Hall–Kier alpha value is -1.66. The molecule has 0 aliphatic heterocycles. The zero-order valence-corrected chi connectivity index (χ0v) is 14.7. The van der Waals surface area contributed by atoms with Crippen molar-refractivity contribution in [1.29, 1.82) is 0 Å². The van der Waals surface area contributed by atoms with Crippen LogP contribution in [0.5, 0.6) is 0 Å².